The number of nitrogens with two attached hydrogens (primary N) is 2. The third-order valence-corrected chi connectivity index (χ3v) is 5.66. The Kier molecular flexibility index (Phi) is 8.08. The van der Waals surface area contributed by atoms with Gasteiger partial charge in [0.15, 0.2) is 0 Å². The van der Waals surface area contributed by atoms with Gasteiger partial charge in [0.2, 0.25) is 0 Å². The van der Waals surface area contributed by atoms with Crippen LogP contribution in [0, 0.1) is 5.92 Å². The summed E-state index contributed by atoms with van der Waals surface area (Å²) in [5.74, 6) is -0.155. The maximum Gasteiger partial charge on any atom is 0.338 e. The molecule has 1 aliphatic rings. The highest BCUT2D eigenvalue weighted by Gasteiger charge is 2.23. The van der Waals surface area contributed by atoms with Gasteiger partial charge in [-0.05, 0) is 80.0 Å². The number of allylic oxidation sites excluding steroid dienone is 1. The lowest BCUT2D eigenvalue weighted by atomic mass is 9.85. The Morgan fingerprint density at radius 2 is 1.75 bits per heavy atom. The molecule has 0 aromatic heterocycles. The number of carbonyl (C=O) groups is 2. The summed E-state index contributed by atoms with van der Waals surface area (Å²) >= 11 is 0. The van der Waals surface area contributed by atoms with E-state index in [1.54, 1.807) is 48.5 Å². The van der Waals surface area contributed by atoms with Crippen molar-refractivity contribution in [3.63, 3.8) is 0 Å². The Morgan fingerprint density at radius 3 is 2.44 bits per heavy atom. The lowest BCUT2D eigenvalue weighted by molar-refractivity contribution is -0.138. The van der Waals surface area contributed by atoms with Gasteiger partial charge in [0.05, 0.1) is 5.56 Å². The van der Waals surface area contributed by atoms with E-state index in [0.29, 0.717) is 28.4 Å². The molecule has 6 heteroatoms. The summed E-state index contributed by atoms with van der Waals surface area (Å²) in [6, 6.07) is 12.0. The van der Waals surface area contributed by atoms with Crippen molar-refractivity contribution in [2.45, 2.75) is 44.8 Å². The van der Waals surface area contributed by atoms with Crippen LogP contribution in [-0.4, -0.2) is 18.0 Å². The second kappa shape index (κ2) is 11.2. The van der Waals surface area contributed by atoms with Gasteiger partial charge in [0, 0.05) is 23.0 Å². The molecule has 1 fully saturated rings. The second-order valence-electron chi connectivity index (χ2n) is 8.09. The standard InChI is InChI=1S/C26H30N2O4/c1-2-3-18-6-12-23(13-7-18)32-26(30)20-9-4-19(5-10-20)8-15-25(29)31-17-21-16-22(27)11-14-24(21)28/h2,4-5,8-11,14-16,18,23H,1,3,6-7,12-13,17,27-28H2/b15-8+. The number of anilines is 2. The molecule has 168 valence electrons. The molecule has 0 unspecified atom stereocenters. The van der Waals surface area contributed by atoms with Crippen LogP contribution < -0.4 is 11.5 Å². The minimum atomic E-state index is -0.498. The van der Waals surface area contributed by atoms with Crippen molar-refractivity contribution in [2.24, 2.45) is 5.92 Å². The van der Waals surface area contributed by atoms with Gasteiger partial charge in [-0.2, -0.15) is 0 Å². The topological polar surface area (TPSA) is 105 Å². The van der Waals surface area contributed by atoms with Crippen LogP contribution in [0.3, 0.4) is 0 Å². The molecule has 0 amide bonds. The van der Waals surface area contributed by atoms with Gasteiger partial charge in [-0.3, -0.25) is 0 Å². The number of hydrogen-bond donors (Lipinski definition) is 2. The monoisotopic (exact) mass is 434 g/mol. The number of esters is 2. The summed E-state index contributed by atoms with van der Waals surface area (Å²) in [6.07, 6.45) is 9.84. The van der Waals surface area contributed by atoms with Crippen LogP contribution in [0.15, 0.2) is 61.2 Å². The highest BCUT2D eigenvalue weighted by atomic mass is 16.5. The number of hydrogen-bond acceptors (Lipinski definition) is 6. The number of carbonyl (C=O) groups excluding carboxylic acids is 2. The molecule has 0 spiro atoms. The van der Waals surface area contributed by atoms with Crippen molar-refractivity contribution in [3.05, 3.63) is 77.9 Å². The number of benzene rings is 2. The molecule has 4 N–H and O–H groups in total. The molecule has 6 nitrogen and oxygen atoms in total. The summed E-state index contributed by atoms with van der Waals surface area (Å²) < 4.78 is 10.9. The minimum Gasteiger partial charge on any atom is -0.459 e. The predicted octanol–water partition coefficient (Wildman–Crippen LogP) is 4.90. The minimum absolute atomic E-state index is 0.0214. The van der Waals surface area contributed by atoms with E-state index in [1.165, 1.54) is 6.08 Å². The Hall–Kier alpha value is -3.54. The third kappa shape index (κ3) is 6.74. The Bertz CT molecular complexity index is 974. The maximum absolute atomic E-state index is 12.4. The van der Waals surface area contributed by atoms with Gasteiger partial charge in [0.25, 0.3) is 0 Å². The highest BCUT2D eigenvalue weighted by molar-refractivity contribution is 5.90. The number of nitrogen functional groups attached to an aromatic ring is 2. The fourth-order valence-electron chi connectivity index (χ4n) is 3.78. The first-order valence-corrected chi connectivity index (χ1v) is 10.8. The van der Waals surface area contributed by atoms with E-state index < -0.39 is 5.97 Å². The molecular weight excluding hydrogens is 404 g/mol. The molecular formula is C26H30N2O4. The van der Waals surface area contributed by atoms with Crippen molar-refractivity contribution < 1.29 is 19.1 Å². The molecule has 2 aromatic rings. The third-order valence-electron chi connectivity index (χ3n) is 5.66. The van der Waals surface area contributed by atoms with Crippen molar-refractivity contribution in [2.75, 3.05) is 11.5 Å². The van der Waals surface area contributed by atoms with E-state index in [2.05, 4.69) is 6.58 Å². The van der Waals surface area contributed by atoms with Crippen LogP contribution >= 0.6 is 0 Å². The van der Waals surface area contributed by atoms with Crippen LogP contribution in [0.25, 0.3) is 6.08 Å². The van der Waals surface area contributed by atoms with Gasteiger partial charge in [-0.1, -0.05) is 18.2 Å². The predicted molar refractivity (Wildman–Crippen MR) is 127 cm³/mol. The summed E-state index contributed by atoms with van der Waals surface area (Å²) in [5.41, 5.74) is 14.6. The molecule has 1 aliphatic carbocycles. The van der Waals surface area contributed by atoms with E-state index >= 15 is 0 Å². The molecule has 2 aromatic carbocycles. The van der Waals surface area contributed by atoms with Crippen LogP contribution in [0.5, 0.6) is 0 Å². The fraction of sp³-hybridized carbons (Fsp3) is 0.308. The van der Waals surface area contributed by atoms with Gasteiger partial charge < -0.3 is 20.9 Å². The molecule has 3 rings (SSSR count). The van der Waals surface area contributed by atoms with Crippen molar-refractivity contribution in [3.8, 4) is 0 Å². The molecule has 0 bridgehead atoms. The maximum atomic E-state index is 12.4. The van der Waals surface area contributed by atoms with E-state index in [9.17, 15) is 9.59 Å². The number of rotatable bonds is 8. The lowest BCUT2D eigenvalue weighted by Gasteiger charge is -2.27. The zero-order valence-electron chi connectivity index (χ0n) is 18.2. The van der Waals surface area contributed by atoms with Gasteiger partial charge in [-0.25, -0.2) is 9.59 Å². The zero-order valence-corrected chi connectivity index (χ0v) is 18.2. The normalized spacial score (nSPS) is 18.2. The Balaban J connectivity index is 1.47. The van der Waals surface area contributed by atoms with Crippen molar-refractivity contribution in [1.29, 1.82) is 0 Å². The van der Waals surface area contributed by atoms with E-state index in [0.717, 1.165) is 37.7 Å². The van der Waals surface area contributed by atoms with E-state index in [4.69, 9.17) is 20.9 Å². The number of ether oxygens (including phenoxy) is 2. The summed E-state index contributed by atoms with van der Waals surface area (Å²) in [5, 5.41) is 0. The molecule has 0 radical (unpaired) electrons. The lowest BCUT2D eigenvalue weighted by Crippen LogP contribution is -2.24. The van der Waals surface area contributed by atoms with Gasteiger partial charge in [-0.15, -0.1) is 6.58 Å². The summed E-state index contributed by atoms with van der Waals surface area (Å²) in [7, 11) is 0. The molecule has 1 saturated carbocycles. The Labute approximate surface area is 188 Å². The first-order valence-electron chi connectivity index (χ1n) is 10.8. The Morgan fingerprint density at radius 1 is 1.03 bits per heavy atom. The molecule has 0 atom stereocenters. The van der Waals surface area contributed by atoms with Crippen LogP contribution in [0.4, 0.5) is 11.4 Å². The molecule has 0 aliphatic heterocycles. The first kappa shape index (κ1) is 23.1. The van der Waals surface area contributed by atoms with Gasteiger partial charge >= 0.3 is 11.9 Å². The summed E-state index contributed by atoms with van der Waals surface area (Å²) in [6.45, 7) is 3.84. The zero-order chi connectivity index (χ0) is 22.9. The molecule has 0 saturated heterocycles. The van der Waals surface area contributed by atoms with E-state index in [1.807, 2.05) is 6.08 Å². The van der Waals surface area contributed by atoms with Crippen LogP contribution in [-0.2, 0) is 20.9 Å². The average molecular weight is 435 g/mol. The van der Waals surface area contributed by atoms with Crippen molar-refractivity contribution >= 4 is 29.4 Å². The first-order chi connectivity index (χ1) is 15.4. The second-order valence-corrected chi connectivity index (χ2v) is 8.09. The average Bonchev–Trinajstić information content (AvgIpc) is 2.80. The quantitative estimate of drug-likeness (QED) is 0.265. The highest BCUT2D eigenvalue weighted by Crippen LogP contribution is 2.29. The fourth-order valence-corrected chi connectivity index (χ4v) is 3.78. The van der Waals surface area contributed by atoms with E-state index in [-0.39, 0.29) is 18.7 Å². The smallest absolute Gasteiger partial charge is 0.338 e. The van der Waals surface area contributed by atoms with Crippen molar-refractivity contribution in [1.82, 2.24) is 0 Å². The summed E-state index contributed by atoms with van der Waals surface area (Å²) in [4.78, 5) is 24.4. The van der Waals surface area contributed by atoms with Gasteiger partial charge in [0.1, 0.15) is 12.7 Å². The largest absolute Gasteiger partial charge is 0.459 e. The van der Waals surface area contributed by atoms with Crippen LogP contribution in [0.1, 0.15) is 53.6 Å². The molecule has 0 heterocycles. The SMILES string of the molecule is C=CCC1CCC(OC(=O)c2ccc(/C=C/C(=O)OCc3cc(N)ccc3N)cc2)CC1. The molecule has 32 heavy (non-hydrogen) atoms. The van der Waals surface area contributed by atoms with Crippen LogP contribution in [0.2, 0.25) is 0 Å².